The molecule has 0 amide bonds. The van der Waals surface area contributed by atoms with Crippen LogP contribution >= 0.6 is 23.5 Å². The van der Waals surface area contributed by atoms with E-state index >= 15 is 0 Å². The lowest BCUT2D eigenvalue weighted by molar-refractivity contribution is 0.132. The fraction of sp³-hybridized carbons (Fsp3) is 0.143. The average molecular weight is 447 g/mol. The molecule has 1 unspecified atom stereocenters. The number of aliphatic hydroxyl groups is 1. The first-order valence-electron chi connectivity index (χ1n) is 8.47. The van der Waals surface area contributed by atoms with Crippen LogP contribution in [0.25, 0.3) is 0 Å². The highest BCUT2D eigenvalue weighted by Crippen LogP contribution is 2.61. The SMILES string of the molecule is O=P(OCc1ccccc1)(OCc1ccccc1)C(O)c1ccccc1Br. The van der Waals surface area contributed by atoms with E-state index in [1.807, 2.05) is 66.7 Å². The molecule has 3 aromatic rings. The van der Waals surface area contributed by atoms with Crippen LogP contribution in [0, 0.1) is 0 Å². The fourth-order valence-electron chi connectivity index (χ4n) is 2.51. The number of rotatable bonds is 8. The lowest BCUT2D eigenvalue weighted by Gasteiger charge is -2.24. The second kappa shape index (κ2) is 9.45. The Hall–Kier alpha value is -1.75. The summed E-state index contributed by atoms with van der Waals surface area (Å²) in [5, 5.41) is 10.8. The van der Waals surface area contributed by atoms with E-state index in [0.717, 1.165) is 11.1 Å². The van der Waals surface area contributed by atoms with Gasteiger partial charge in [0.15, 0.2) is 5.85 Å². The van der Waals surface area contributed by atoms with E-state index < -0.39 is 13.4 Å². The maximum absolute atomic E-state index is 13.5. The smallest absolute Gasteiger partial charge is 0.364 e. The molecule has 0 aliphatic carbocycles. The van der Waals surface area contributed by atoms with Crippen molar-refractivity contribution in [3.8, 4) is 0 Å². The molecular weight excluding hydrogens is 427 g/mol. The first kappa shape index (κ1) is 20.0. The quantitative estimate of drug-likeness (QED) is 0.426. The number of hydrogen-bond acceptors (Lipinski definition) is 4. The van der Waals surface area contributed by atoms with Gasteiger partial charge < -0.3 is 14.2 Å². The van der Waals surface area contributed by atoms with Crippen LogP contribution in [-0.2, 0) is 26.8 Å². The monoisotopic (exact) mass is 446 g/mol. The molecule has 0 aliphatic rings. The Bertz CT molecular complexity index is 855. The third-order valence-electron chi connectivity index (χ3n) is 3.99. The third kappa shape index (κ3) is 5.38. The summed E-state index contributed by atoms with van der Waals surface area (Å²) in [7, 11) is -3.86. The van der Waals surface area contributed by atoms with Crippen LogP contribution in [0.1, 0.15) is 22.5 Å². The van der Waals surface area contributed by atoms with Crippen molar-refractivity contribution in [2.45, 2.75) is 19.1 Å². The van der Waals surface area contributed by atoms with Gasteiger partial charge in [0.25, 0.3) is 0 Å². The van der Waals surface area contributed by atoms with Crippen LogP contribution in [0.3, 0.4) is 0 Å². The Kier molecular flexibility index (Phi) is 7.00. The molecule has 4 nitrogen and oxygen atoms in total. The van der Waals surface area contributed by atoms with Gasteiger partial charge in [-0.25, -0.2) is 0 Å². The van der Waals surface area contributed by atoms with Crippen LogP contribution in [0.5, 0.6) is 0 Å². The predicted molar refractivity (Wildman–Crippen MR) is 109 cm³/mol. The molecule has 1 N–H and O–H groups in total. The second-order valence-electron chi connectivity index (χ2n) is 5.95. The van der Waals surface area contributed by atoms with Crippen molar-refractivity contribution in [1.29, 1.82) is 0 Å². The molecule has 140 valence electrons. The Morgan fingerprint density at radius 1 is 0.778 bits per heavy atom. The summed E-state index contributed by atoms with van der Waals surface area (Å²) in [6.45, 7) is 0.156. The molecule has 6 heteroatoms. The normalized spacial score (nSPS) is 12.7. The van der Waals surface area contributed by atoms with Crippen LogP contribution < -0.4 is 0 Å². The Morgan fingerprint density at radius 2 is 1.22 bits per heavy atom. The van der Waals surface area contributed by atoms with Gasteiger partial charge in [-0.05, 0) is 17.2 Å². The Morgan fingerprint density at radius 3 is 1.70 bits per heavy atom. The molecule has 0 fully saturated rings. The highest BCUT2D eigenvalue weighted by atomic mass is 79.9. The van der Waals surface area contributed by atoms with Gasteiger partial charge in [-0.2, -0.15) is 0 Å². The number of aliphatic hydroxyl groups excluding tert-OH is 1. The van der Waals surface area contributed by atoms with E-state index in [1.165, 1.54) is 0 Å². The maximum Gasteiger partial charge on any atom is 0.364 e. The molecule has 1 atom stereocenters. The van der Waals surface area contributed by atoms with Gasteiger partial charge in [-0.1, -0.05) is 94.8 Å². The largest absolute Gasteiger partial charge is 0.376 e. The maximum atomic E-state index is 13.5. The van der Waals surface area contributed by atoms with Gasteiger partial charge in [0.1, 0.15) is 0 Å². The number of halogens is 1. The molecule has 0 heterocycles. The minimum Gasteiger partial charge on any atom is -0.376 e. The van der Waals surface area contributed by atoms with E-state index in [2.05, 4.69) is 15.9 Å². The van der Waals surface area contributed by atoms with Crippen molar-refractivity contribution in [2.24, 2.45) is 0 Å². The van der Waals surface area contributed by atoms with Gasteiger partial charge in [0, 0.05) is 10.0 Å². The minimum atomic E-state index is -3.86. The van der Waals surface area contributed by atoms with Crippen molar-refractivity contribution >= 4 is 23.5 Å². The van der Waals surface area contributed by atoms with Crippen LogP contribution in [-0.4, -0.2) is 5.11 Å². The summed E-state index contributed by atoms with van der Waals surface area (Å²) < 4.78 is 25.5. The van der Waals surface area contributed by atoms with E-state index in [1.54, 1.807) is 18.2 Å². The van der Waals surface area contributed by atoms with E-state index in [9.17, 15) is 9.67 Å². The van der Waals surface area contributed by atoms with Crippen molar-refractivity contribution in [3.63, 3.8) is 0 Å². The van der Waals surface area contributed by atoms with Gasteiger partial charge in [0.05, 0.1) is 13.2 Å². The van der Waals surface area contributed by atoms with Gasteiger partial charge in [-0.15, -0.1) is 0 Å². The van der Waals surface area contributed by atoms with Crippen LogP contribution in [0.2, 0.25) is 0 Å². The summed E-state index contributed by atoms with van der Waals surface area (Å²) in [5.74, 6) is -1.40. The number of benzene rings is 3. The van der Waals surface area contributed by atoms with E-state index in [4.69, 9.17) is 9.05 Å². The van der Waals surface area contributed by atoms with E-state index in [-0.39, 0.29) is 13.2 Å². The third-order valence-corrected chi connectivity index (χ3v) is 6.57. The first-order valence-corrected chi connectivity index (χ1v) is 10.9. The Labute approximate surface area is 167 Å². The summed E-state index contributed by atoms with van der Waals surface area (Å²) in [6, 6.07) is 25.8. The van der Waals surface area contributed by atoms with Crippen molar-refractivity contribution < 1.29 is 18.7 Å². The first-order chi connectivity index (χ1) is 13.1. The molecule has 0 spiro atoms. The molecule has 0 saturated heterocycles. The molecule has 27 heavy (non-hydrogen) atoms. The lowest BCUT2D eigenvalue weighted by atomic mass is 10.2. The molecule has 0 saturated carbocycles. The topological polar surface area (TPSA) is 55.8 Å². The molecule has 3 rings (SSSR count). The molecule has 0 aliphatic heterocycles. The zero-order chi connectivity index (χ0) is 19.1. The molecule has 0 aromatic heterocycles. The van der Waals surface area contributed by atoms with Crippen molar-refractivity contribution in [2.75, 3.05) is 0 Å². The van der Waals surface area contributed by atoms with Gasteiger partial charge in [-0.3, -0.25) is 4.57 Å². The van der Waals surface area contributed by atoms with Crippen molar-refractivity contribution in [1.82, 2.24) is 0 Å². The summed E-state index contributed by atoms with van der Waals surface area (Å²) >= 11 is 3.39. The highest BCUT2D eigenvalue weighted by molar-refractivity contribution is 9.10. The molecular formula is C21H20BrO4P. The zero-order valence-electron chi connectivity index (χ0n) is 14.6. The fourth-order valence-corrected chi connectivity index (χ4v) is 4.77. The summed E-state index contributed by atoms with van der Waals surface area (Å²) in [5.41, 5.74) is 2.16. The van der Waals surface area contributed by atoms with Crippen LogP contribution in [0.4, 0.5) is 0 Å². The summed E-state index contributed by atoms with van der Waals surface area (Å²) in [6.07, 6.45) is 0. The Balaban J connectivity index is 1.82. The second-order valence-corrected chi connectivity index (χ2v) is 8.89. The van der Waals surface area contributed by atoms with Gasteiger partial charge >= 0.3 is 7.60 Å². The molecule has 0 bridgehead atoms. The van der Waals surface area contributed by atoms with Crippen LogP contribution in [0.15, 0.2) is 89.4 Å². The summed E-state index contributed by atoms with van der Waals surface area (Å²) in [4.78, 5) is 0. The average Bonchev–Trinajstić information content (AvgIpc) is 2.72. The minimum absolute atomic E-state index is 0.0778. The molecule has 3 aromatic carbocycles. The lowest BCUT2D eigenvalue weighted by Crippen LogP contribution is -2.07. The standard InChI is InChI=1S/C21H20BrO4P/c22-20-14-8-7-13-19(20)21(23)27(24,25-15-17-9-3-1-4-10-17)26-16-18-11-5-2-6-12-18/h1-14,21,23H,15-16H2. The molecule has 0 radical (unpaired) electrons. The number of hydrogen-bond donors (Lipinski definition) is 1. The van der Waals surface area contributed by atoms with E-state index in [0.29, 0.717) is 10.0 Å². The predicted octanol–water partition coefficient (Wildman–Crippen LogP) is 6.07. The zero-order valence-corrected chi connectivity index (χ0v) is 17.1. The van der Waals surface area contributed by atoms with Crippen molar-refractivity contribution in [3.05, 3.63) is 106 Å². The van der Waals surface area contributed by atoms with Gasteiger partial charge in [0.2, 0.25) is 0 Å². The highest BCUT2D eigenvalue weighted by Gasteiger charge is 2.37.